The Labute approximate surface area is 92.6 Å². The average Bonchev–Trinajstić information content (AvgIpc) is 2.81. The Morgan fingerprint density at radius 3 is 2.64 bits per heavy atom. The molecule has 14 heavy (non-hydrogen) atoms. The van der Waals surface area contributed by atoms with E-state index >= 15 is 0 Å². The van der Waals surface area contributed by atoms with Crippen molar-refractivity contribution in [3.8, 4) is 0 Å². The van der Waals surface area contributed by atoms with Gasteiger partial charge in [0.15, 0.2) is 0 Å². The van der Waals surface area contributed by atoms with E-state index in [0.29, 0.717) is 4.58 Å². The Hall–Kier alpha value is -0.0900. The van der Waals surface area contributed by atoms with E-state index in [9.17, 15) is 0 Å². The number of H-pyrrole nitrogens is 1. The van der Waals surface area contributed by atoms with Gasteiger partial charge in [0.05, 0.1) is 16.6 Å². The second kappa shape index (κ2) is 3.20. The molecule has 2 heterocycles. The van der Waals surface area contributed by atoms with Crippen molar-refractivity contribution in [1.82, 2.24) is 9.97 Å². The van der Waals surface area contributed by atoms with Crippen LogP contribution in [0.2, 0.25) is 0 Å². The highest BCUT2D eigenvalue weighted by molar-refractivity contribution is 8.17. The van der Waals surface area contributed by atoms with Crippen LogP contribution in [0.1, 0.15) is 28.8 Å². The standard InChI is InChI=1S/C10H14N2S2/c1-7-8(12-6-11-7)9-13-4-10(2-3-10)5-14-9/h6,9H,2-5H2,1H3,(H,11,12). The molecule has 4 heteroatoms. The van der Waals surface area contributed by atoms with Gasteiger partial charge in [-0.2, -0.15) is 0 Å². The maximum atomic E-state index is 4.41. The molecule has 76 valence electrons. The summed E-state index contributed by atoms with van der Waals surface area (Å²) in [5.41, 5.74) is 3.23. The number of thioether (sulfide) groups is 2. The summed E-state index contributed by atoms with van der Waals surface area (Å²) >= 11 is 4.17. The van der Waals surface area contributed by atoms with E-state index in [2.05, 4.69) is 40.4 Å². The van der Waals surface area contributed by atoms with E-state index in [1.54, 1.807) is 0 Å². The minimum absolute atomic E-state index is 0.576. The fraction of sp³-hybridized carbons (Fsp3) is 0.700. The molecule has 1 N–H and O–H groups in total. The van der Waals surface area contributed by atoms with Crippen molar-refractivity contribution in [1.29, 1.82) is 0 Å². The first-order chi connectivity index (χ1) is 6.79. The summed E-state index contributed by atoms with van der Waals surface area (Å²) in [5, 5.41) is 0. The molecule has 1 saturated carbocycles. The van der Waals surface area contributed by atoms with Gasteiger partial charge in [-0.1, -0.05) is 0 Å². The molecule has 1 aromatic rings. The Morgan fingerprint density at radius 1 is 1.43 bits per heavy atom. The summed E-state index contributed by atoms with van der Waals surface area (Å²) in [6.45, 7) is 2.12. The van der Waals surface area contributed by atoms with Gasteiger partial charge in [0.25, 0.3) is 0 Å². The van der Waals surface area contributed by atoms with Crippen molar-refractivity contribution < 1.29 is 0 Å². The molecule has 0 atom stereocenters. The van der Waals surface area contributed by atoms with Gasteiger partial charge in [0.2, 0.25) is 0 Å². The van der Waals surface area contributed by atoms with Crippen LogP contribution in [-0.2, 0) is 0 Å². The second-order valence-corrected chi connectivity index (χ2v) is 6.85. The van der Waals surface area contributed by atoms with Gasteiger partial charge in [-0.25, -0.2) is 4.98 Å². The number of aromatic nitrogens is 2. The minimum Gasteiger partial charge on any atom is -0.348 e. The van der Waals surface area contributed by atoms with Crippen molar-refractivity contribution in [2.24, 2.45) is 5.41 Å². The van der Waals surface area contributed by atoms with E-state index in [0.717, 1.165) is 5.41 Å². The Balaban J connectivity index is 1.73. The molecule has 1 saturated heterocycles. The predicted molar refractivity (Wildman–Crippen MR) is 62.6 cm³/mol. The van der Waals surface area contributed by atoms with Gasteiger partial charge in [-0.3, -0.25) is 0 Å². The highest BCUT2D eigenvalue weighted by Crippen LogP contribution is 2.59. The van der Waals surface area contributed by atoms with Crippen molar-refractivity contribution in [2.45, 2.75) is 24.3 Å². The lowest BCUT2D eigenvalue weighted by molar-refractivity contribution is 0.674. The number of nitrogens with one attached hydrogen (secondary N) is 1. The molecule has 0 bridgehead atoms. The zero-order chi connectivity index (χ0) is 9.60. The summed E-state index contributed by atoms with van der Waals surface area (Å²) in [7, 11) is 0. The third kappa shape index (κ3) is 1.48. The van der Waals surface area contributed by atoms with Gasteiger partial charge in [0.1, 0.15) is 0 Å². The van der Waals surface area contributed by atoms with Crippen molar-refractivity contribution in [3.05, 3.63) is 17.7 Å². The van der Waals surface area contributed by atoms with Crippen molar-refractivity contribution >= 4 is 23.5 Å². The van der Waals surface area contributed by atoms with Crippen LogP contribution < -0.4 is 0 Å². The van der Waals surface area contributed by atoms with Crippen LogP contribution in [0.15, 0.2) is 6.33 Å². The van der Waals surface area contributed by atoms with E-state index in [-0.39, 0.29) is 0 Å². The fourth-order valence-corrected chi connectivity index (χ4v) is 5.33. The van der Waals surface area contributed by atoms with Gasteiger partial charge in [-0.15, -0.1) is 23.5 Å². The quantitative estimate of drug-likeness (QED) is 0.798. The van der Waals surface area contributed by atoms with Crippen LogP contribution >= 0.6 is 23.5 Å². The van der Waals surface area contributed by atoms with Gasteiger partial charge >= 0.3 is 0 Å². The Bertz CT molecular complexity index is 334. The molecule has 0 radical (unpaired) electrons. The summed E-state index contributed by atoms with van der Waals surface area (Å²) < 4.78 is 0.576. The molecule has 1 spiro atoms. The molecule has 1 aliphatic carbocycles. The van der Waals surface area contributed by atoms with Crippen LogP contribution in [0.5, 0.6) is 0 Å². The SMILES string of the molecule is Cc1[nH]cnc1C1SCC2(CC2)CS1. The van der Waals surface area contributed by atoms with Crippen LogP contribution in [0.3, 0.4) is 0 Å². The summed E-state index contributed by atoms with van der Waals surface area (Å²) in [4.78, 5) is 7.57. The fourth-order valence-electron chi connectivity index (χ4n) is 1.83. The summed E-state index contributed by atoms with van der Waals surface area (Å²) in [6, 6.07) is 0. The molecule has 2 aliphatic rings. The smallest absolute Gasteiger partial charge is 0.0940 e. The zero-order valence-electron chi connectivity index (χ0n) is 8.25. The number of aryl methyl sites for hydroxylation is 1. The Kier molecular flexibility index (Phi) is 2.10. The van der Waals surface area contributed by atoms with E-state index in [1.165, 1.54) is 35.7 Å². The third-order valence-corrected chi connectivity index (χ3v) is 6.56. The lowest BCUT2D eigenvalue weighted by Gasteiger charge is -2.26. The lowest BCUT2D eigenvalue weighted by Crippen LogP contribution is -2.15. The number of nitrogens with zero attached hydrogens (tertiary/aromatic N) is 1. The molecule has 2 nitrogen and oxygen atoms in total. The third-order valence-electron chi connectivity index (χ3n) is 3.13. The molecule has 1 aliphatic heterocycles. The first kappa shape index (κ1) is 9.16. The van der Waals surface area contributed by atoms with E-state index < -0.39 is 0 Å². The van der Waals surface area contributed by atoms with Crippen LogP contribution in [0.25, 0.3) is 0 Å². The minimum atomic E-state index is 0.576. The molecule has 1 aromatic heterocycles. The van der Waals surface area contributed by atoms with Gasteiger partial charge in [-0.05, 0) is 25.2 Å². The zero-order valence-corrected chi connectivity index (χ0v) is 9.88. The Morgan fingerprint density at radius 2 is 2.14 bits per heavy atom. The van der Waals surface area contributed by atoms with E-state index in [1.807, 2.05) is 6.33 Å². The molecule has 3 rings (SSSR count). The molecule has 0 amide bonds. The normalized spacial score (nSPS) is 25.5. The number of imidazole rings is 1. The highest BCUT2D eigenvalue weighted by Gasteiger charge is 2.46. The molecular formula is C10H14N2S2. The van der Waals surface area contributed by atoms with Crippen LogP contribution in [0.4, 0.5) is 0 Å². The predicted octanol–water partition coefficient (Wildman–Crippen LogP) is 2.98. The van der Waals surface area contributed by atoms with Crippen molar-refractivity contribution in [2.75, 3.05) is 11.5 Å². The topological polar surface area (TPSA) is 28.7 Å². The number of hydrogen-bond acceptors (Lipinski definition) is 3. The van der Waals surface area contributed by atoms with Crippen LogP contribution in [-0.4, -0.2) is 21.5 Å². The maximum absolute atomic E-state index is 4.41. The monoisotopic (exact) mass is 226 g/mol. The highest BCUT2D eigenvalue weighted by atomic mass is 32.2. The molecular weight excluding hydrogens is 212 g/mol. The van der Waals surface area contributed by atoms with E-state index in [4.69, 9.17) is 0 Å². The number of hydrogen-bond donors (Lipinski definition) is 1. The first-order valence-electron chi connectivity index (χ1n) is 5.02. The maximum Gasteiger partial charge on any atom is 0.0940 e. The van der Waals surface area contributed by atoms with Gasteiger partial charge < -0.3 is 4.98 Å². The first-order valence-corrected chi connectivity index (χ1v) is 7.12. The largest absolute Gasteiger partial charge is 0.348 e. The average molecular weight is 226 g/mol. The molecule has 0 aromatic carbocycles. The lowest BCUT2D eigenvalue weighted by atomic mass is 10.2. The summed E-state index contributed by atoms with van der Waals surface area (Å²) in [6.07, 6.45) is 4.73. The second-order valence-electron chi connectivity index (χ2n) is 4.37. The number of rotatable bonds is 1. The summed E-state index contributed by atoms with van der Waals surface area (Å²) in [5.74, 6) is 2.69. The molecule has 0 unspecified atom stereocenters. The molecule has 2 fully saturated rings. The van der Waals surface area contributed by atoms with Gasteiger partial charge in [0, 0.05) is 17.2 Å². The van der Waals surface area contributed by atoms with Crippen LogP contribution in [0, 0.1) is 12.3 Å². The number of aromatic amines is 1. The van der Waals surface area contributed by atoms with Crippen molar-refractivity contribution in [3.63, 3.8) is 0 Å².